The van der Waals surface area contributed by atoms with Gasteiger partial charge in [0.1, 0.15) is 0 Å². The van der Waals surface area contributed by atoms with Crippen molar-refractivity contribution in [2.75, 3.05) is 0 Å². The van der Waals surface area contributed by atoms with Crippen LogP contribution in [0, 0.1) is 25.2 Å². The summed E-state index contributed by atoms with van der Waals surface area (Å²) in [5, 5.41) is 8.79. The average Bonchev–Trinajstić information content (AvgIpc) is 2.15. The third-order valence-corrected chi connectivity index (χ3v) is 2.15. The van der Waals surface area contributed by atoms with Gasteiger partial charge in [-0.1, -0.05) is 6.07 Å². The molecular formula is C12H13N2O. The third-order valence-electron chi connectivity index (χ3n) is 2.15. The minimum atomic E-state index is -0.380. The Morgan fingerprint density at radius 1 is 1.60 bits per heavy atom. The molecule has 1 rings (SSSR count). The van der Waals surface area contributed by atoms with E-state index >= 15 is 0 Å². The molecule has 0 aliphatic carbocycles. The maximum atomic E-state index is 10.7. The van der Waals surface area contributed by atoms with E-state index in [9.17, 15) is 4.79 Å². The summed E-state index contributed by atoms with van der Waals surface area (Å²) in [6.45, 7) is 5.76. The molecule has 1 unspecified atom stereocenters. The summed E-state index contributed by atoms with van der Waals surface area (Å²) >= 11 is 0. The van der Waals surface area contributed by atoms with Gasteiger partial charge in [0.15, 0.2) is 0 Å². The lowest BCUT2D eigenvalue weighted by atomic mass is 9.94. The lowest BCUT2D eigenvalue weighted by Gasteiger charge is -2.10. The molecule has 0 aliphatic rings. The highest BCUT2D eigenvalue weighted by atomic mass is 16.1. The second-order valence-corrected chi connectivity index (χ2v) is 3.61. The van der Waals surface area contributed by atoms with E-state index in [0.29, 0.717) is 5.56 Å². The molecule has 1 aromatic rings. The second-order valence-electron chi connectivity index (χ2n) is 3.61. The van der Waals surface area contributed by atoms with Gasteiger partial charge in [-0.3, -0.25) is 4.79 Å². The quantitative estimate of drug-likeness (QED) is 0.808. The lowest BCUT2D eigenvalue weighted by molar-refractivity contribution is -0.118. The van der Waals surface area contributed by atoms with E-state index in [1.54, 1.807) is 12.1 Å². The van der Waals surface area contributed by atoms with E-state index in [2.05, 4.69) is 13.0 Å². The molecule has 0 fully saturated rings. The highest BCUT2D eigenvalue weighted by molar-refractivity contribution is 5.75. The molecule has 0 aromatic heterocycles. The molecule has 1 amide bonds. The summed E-state index contributed by atoms with van der Waals surface area (Å²) in [6, 6.07) is 7.53. The van der Waals surface area contributed by atoms with E-state index in [0.717, 1.165) is 11.1 Å². The fourth-order valence-electron chi connectivity index (χ4n) is 1.47. The molecule has 0 saturated carbocycles. The molecule has 0 bridgehead atoms. The van der Waals surface area contributed by atoms with Gasteiger partial charge in [-0.25, -0.2) is 0 Å². The first-order valence-electron chi connectivity index (χ1n) is 4.66. The largest absolute Gasteiger partial charge is 0.370 e. The first-order valence-corrected chi connectivity index (χ1v) is 4.66. The third kappa shape index (κ3) is 3.10. The van der Waals surface area contributed by atoms with Crippen molar-refractivity contribution < 1.29 is 4.79 Å². The Hall–Kier alpha value is -1.82. The molecule has 0 aliphatic heterocycles. The van der Waals surface area contributed by atoms with Crippen molar-refractivity contribution >= 4 is 5.91 Å². The van der Waals surface area contributed by atoms with Crippen LogP contribution in [0.3, 0.4) is 0 Å². The van der Waals surface area contributed by atoms with Crippen LogP contribution in [0.4, 0.5) is 0 Å². The zero-order valence-corrected chi connectivity index (χ0v) is 8.66. The Bertz CT molecular complexity index is 418. The topological polar surface area (TPSA) is 66.9 Å². The standard InChI is InChI=1S/C12H13N2O/c1-8-3-10(7-13)6-11(4-8)9(2)5-12(14)15/h3-4,6,9H,2,5H2,1H3,(H2,14,15). The van der Waals surface area contributed by atoms with E-state index in [-0.39, 0.29) is 18.2 Å². The molecule has 3 heteroatoms. The van der Waals surface area contributed by atoms with Gasteiger partial charge in [0.25, 0.3) is 0 Å². The van der Waals surface area contributed by atoms with Crippen LogP contribution < -0.4 is 5.73 Å². The number of amides is 1. The van der Waals surface area contributed by atoms with E-state index in [1.807, 2.05) is 13.0 Å². The van der Waals surface area contributed by atoms with Crippen LogP contribution in [0.25, 0.3) is 0 Å². The van der Waals surface area contributed by atoms with Crippen molar-refractivity contribution in [3.63, 3.8) is 0 Å². The molecule has 1 aromatic carbocycles. The lowest BCUT2D eigenvalue weighted by Crippen LogP contribution is -2.14. The molecule has 1 radical (unpaired) electrons. The minimum Gasteiger partial charge on any atom is -0.370 e. The van der Waals surface area contributed by atoms with Gasteiger partial charge < -0.3 is 5.73 Å². The Morgan fingerprint density at radius 3 is 2.80 bits per heavy atom. The summed E-state index contributed by atoms with van der Waals surface area (Å²) in [5.41, 5.74) is 7.55. The van der Waals surface area contributed by atoms with Crippen molar-refractivity contribution in [1.82, 2.24) is 0 Å². The van der Waals surface area contributed by atoms with Crippen LogP contribution in [0.5, 0.6) is 0 Å². The fourth-order valence-corrected chi connectivity index (χ4v) is 1.47. The Morgan fingerprint density at radius 2 is 2.27 bits per heavy atom. The van der Waals surface area contributed by atoms with Crippen molar-refractivity contribution in [1.29, 1.82) is 5.26 Å². The molecule has 2 N–H and O–H groups in total. The number of rotatable bonds is 3. The highest BCUT2D eigenvalue weighted by Crippen LogP contribution is 2.20. The maximum Gasteiger partial charge on any atom is 0.218 e. The number of nitriles is 1. The van der Waals surface area contributed by atoms with E-state index < -0.39 is 0 Å². The number of carbonyl (C=O) groups excluding carboxylic acids is 1. The summed E-state index contributed by atoms with van der Waals surface area (Å²) in [7, 11) is 0. The smallest absolute Gasteiger partial charge is 0.218 e. The van der Waals surface area contributed by atoms with Crippen molar-refractivity contribution in [2.45, 2.75) is 19.3 Å². The molecule has 15 heavy (non-hydrogen) atoms. The number of nitrogens with two attached hydrogens (primary N) is 1. The predicted octanol–water partition coefficient (Wildman–Crippen LogP) is 1.66. The fraction of sp³-hybridized carbons (Fsp3) is 0.250. The zero-order chi connectivity index (χ0) is 11.4. The molecular weight excluding hydrogens is 188 g/mol. The molecule has 3 nitrogen and oxygen atoms in total. The molecule has 0 spiro atoms. The number of aryl methyl sites for hydroxylation is 1. The Kier molecular flexibility index (Phi) is 3.46. The number of primary amides is 1. The van der Waals surface area contributed by atoms with Gasteiger partial charge in [0, 0.05) is 6.42 Å². The zero-order valence-electron chi connectivity index (χ0n) is 8.66. The monoisotopic (exact) mass is 201 g/mol. The van der Waals surface area contributed by atoms with Crippen molar-refractivity contribution in [2.24, 2.45) is 5.73 Å². The normalized spacial score (nSPS) is 11.8. The number of hydrogen-bond donors (Lipinski definition) is 1. The van der Waals surface area contributed by atoms with Crippen molar-refractivity contribution in [3.05, 3.63) is 41.8 Å². The van der Waals surface area contributed by atoms with E-state index in [1.165, 1.54) is 0 Å². The van der Waals surface area contributed by atoms with Gasteiger partial charge in [-0.15, -0.1) is 0 Å². The summed E-state index contributed by atoms with van der Waals surface area (Å²) in [5.74, 6) is -0.565. The van der Waals surface area contributed by atoms with Crippen LogP contribution >= 0.6 is 0 Å². The molecule has 77 valence electrons. The van der Waals surface area contributed by atoms with Gasteiger partial charge in [0.05, 0.1) is 11.6 Å². The second kappa shape index (κ2) is 4.61. The molecule has 0 saturated heterocycles. The number of hydrogen-bond acceptors (Lipinski definition) is 2. The Labute approximate surface area is 89.5 Å². The average molecular weight is 201 g/mol. The molecule has 1 atom stereocenters. The minimum absolute atomic E-state index is 0.186. The van der Waals surface area contributed by atoms with Crippen LogP contribution in [0.1, 0.15) is 29.0 Å². The number of nitrogens with zero attached hydrogens (tertiary/aromatic N) is 1. The first-order chi connectivity index (χ1) is 7.02. The van der Waals surface area contributed by atoms with Crippen LogP contribution in [-0.4, -0.2) is 5.91 Å². The Balaban J connectivity index is 2.99. The van der Waals surface area contributed by atoms with Gasteiger partial charge in [-0.05, 0) is 43.0 Å². The van der Waals surface area contributed by atoms with Crippen molar-refractivity contribution in [3.8, 4) is 6.07 Å². The predicted molar refractivity (Wildman–Crippen MR) is 57.8 cm³/mol. The summed E-state index contributed by atoms with van der Waals surface area (Å²) < 4.78 is 0. The van der Waals surface area contributed by atoms with Gasteiger partial charge in [-0.2, -0.15) is 5.26 Å². The number of carbonyl (C=O) groups is 1. The van der Waals surface area contributed by atoms with Gasteiger partial charge in [0.2, 0.25) is 5.91 Å². The summed E-state index contributed by atoms with van der Waals surface area (Å²) in [4.78, 5) is 10.7. The SMILES string of the molecule is [CH2]C(CC(N)=O)c1cc(C)cc(C#N)c1. The van der Waals surface area contributed by atoms with E-state index in [4.69, 9.17) is 11.0 Å². The van der Waals surface area contributed by atoms with Crippen LogP contribution in [0.2, 0.25) is 0 Å². The maximum absolute atomic E-state index is 10.7. The highest BCUT2D eigenvalue weighted by Gasteiger charge is 2.10. The van der Waals surface area contributed by atoms with Gasteiger partial charge >= 0.3 is 0 Å². The molecule has 0 heterocycles. The van der Waals surface area contributed by atoms with Crippen LogP contribution in [0.15, 0.2) is 18.2 Å². The first kappa shape index (κ1) is 11.3. The summed E-state index contributed by atoms with van der Waals surface area (Å²) in [6.07, 6.45) is 0.203. The van der Waals surface area contributed by atoms with Crippen LogP contribution in [-0.2, 0) is 4.79 Å². The number of benzene rings is 1.